The zero-order chi connectivity index (χ0) is 29.1. The highest BCUT2D eigenvalue weighted by atomic mass is 16.4. The molecular weight excluding hydrogens is 560 g/mol. The maximum absolute atomic E-state index is 10.1. The Morgan fingerprint density at radius 2 is 1.05 bits per heavy atom. The maximum Gasteiger partial charge on any atom is 0.356 e. The van der Waals surface area contributed by atoms with Crippen molar-refractivity contribution in [1.29, 1.82) is 0 Å². The van der Waals surface area contributed by atoms with Gasteiger partial charge in [0.1, 0.15) is 37.9 Å². The van der Waals surface area contributed by atoms with Crippen LogP contribution in [0.4, 0.5) is 0 Å². The highest BCUT2D eigenvalue weighted by Crippen LogP contribution is 2.04. The van der Waals surface area contributed by atoms with E-state index in [2.05, 4.69) is 53.6 Å². The average molecular weight is 587 g/mol. The van der Waals surface area contributed by atoms with Gasteiger partial charge in [-0.2, -0.15) is 10.2 Å². The number of aromatic amines is 4. The number of hydrogen-bond donors (Lipinski definition) is 6. The molecular formula is C24H26N8O10. The van der Waals surface area contributed by atoms with Crippen molar-refractivity contribution in [2.75, 3.05) is 0 Å². The van der Waals surface area contributed by atoms with E-state index in [1.165, 1.54) is 11.1 Å². The van der Waals surface area contributed by atoms with Crippen molar-refractivity contribution in [2.24, 2.45) is 0 Å². The first-order valence-electron chi connectivity index (χ1n) is 11.2. The Kier molecular flexibility index (Phi) is 13.0. The largest absolute Gasteiger partial charge is 0.543 e. The van der Waals surface area contributed by atoms with Crippen molar-refractivity contribution in [3.05, 3.63) is 108 Å². The van der Waals surface area contributed by atoms with Gasteiger partial charge in [0, 0.05) is 0 Å². The summed E-state index contributed by atoms with van der Waals surface area (Å²) in [5.41, 5.74) is 1.24. The topological polar surface area (TPSA) is 315 Å². The van der Waals surface area contributed by atoms with Gasteiger partial charge in [0.05, 0.1) is 23.3 Å². The summed E-state index contributed by atoms with van der Waals surface area (Å²) < 4.78 is 4.24. The monoisotopic (exact) mass is 586 g/mol. The van der Waals surface area contributed by atoms with Gasteiger partial charge in [-0.1, -0.05) is 24.3 Å². The second kappa shape index (κ2) is 16.1. The number of aromatic nitrogens is 8. The predicted molar refractivity (Wildman–Crippen MR) is 134 cm³/mol. The molecule has 4 aromatic heterocycles. The molecule has 5 aromatic rings. The highest BCUT2D eigenvalue weighted by molar-refractivity contribution is 5.90. The number of rotatable bonds is 8. The van der Waals surface area contributed by atoms with Gasteiger partial charge in [-0.3, -0.25) is 20.2 Å². The van der Waals surface area contributed by atoms with E-state index in [0.29, 0.717) is 0 Å². The fraction of sp³-hybridized carbons (Fsp3) is 0.0833. The van der Waals surface area contributed by atoms with Crippen molar-refractivity contribution < 1.29 is 59.7 Å². The molecule has 0 aliphatic carbocycles. The number of H-pyrrole nitrogens is 4. The summed E-state index contributed by atoms with van der Waals surface area (Å²) in [5.74, 6) is -5.53. The van der Waals surface area contributed by atoms with Crippen LogP contribution < -0.4 is 19.3 Å². The second-order valence-corrected chi connectivity index (χ2v) is 7.90. The van der Waals surface area contributed by atoms with Crippen molar-refractivity contribution in [1.82, 2.24) is 30.4 Å². The minimum atomic E-state index is -1.48. The lowest BCUT2D eigenvalue weighted by atomic mass is 10.1. The van der Waals surface area contributed by atoms with E-state index in [0.717, 1.165) is 25.2 Å². The van der Waals surface area contributed by atoms with Gasteiger partial charge in [0.2, 0.25) is 12.7 Å². The van der Waals surface area contributed by atoms with E-state index in [1.54, 1.807) is 0 Å². The summed E-state index contributed by atoms with van der Waals surface area (Å²) >= 11 is 0. The smallest absolute Gasteiger partial charge is 0.356 e. The van der Waals surface area contributed by atoms with Crippen molar-refractivity contribution in [3.63, 3.8) is 0 Å². The lowest BCUT2D eigenvalue weighted by Gasteiger charge is -2.01. The van der Waals surface area contributed by atoms with Crippen molar-refractivity contribution in [3.8, 4) is 0 Å². The molecule has 0 aliphatic rings. The van der Waals surface area contributed by atoms with Crippen LogP contribution in [0.2, 0.25) is 0 Å². The summed E-state index contributed by atoms with van der Waals surface area (Å²) in [4.78, 5) is 46.5. The van der Waals surface area contributed by atoms with Gasteiger partial charge in [-0.15, -0.1) is 0 Å². The van der Waals surface area contributed by atoms with Crippen LogP contribution in [-0.4, -0.2) is 75.4 Å². The summed E-state index contributed by atoms with van der Waals surface area (Å²) in [5, 5.41) is 47.1. The number of hydrogen-bond acceptors (Lipinski definition) is 8. The number of carboxylic acids is 4. The molecule has 0 saturated heterocycles. The average Bonchev–Trinajstić information content (AvgIpc) is 3.74. The Morgan fingerprint density at radius 3 is 1.26 bits per heavy atom. The fourth-order valence-electron chi connectivity index (χ4n) is 3.08. The first kappa shape index (κ1) is 33.9. The lowest BCUT2D eigenvalue weighted by Crippen LogP contribution is -2.31. The molecule has 1 aromatic carbocycles. The van der Waals surface area contributed by atoms with Crippen LogP contribution in [0.25, 0.3) is 0 Å². The molecule has 0 bridgehead atoms. The second-order valence-electron chi connectivity index (χ2n) is 7.90. The summed E-state index contributed by atoms with van der Waals surface area (Å²) in [6.45, 7) is 1.81. The third kappa shape index (κ3) is 10.2. The van der Waals surface area contributed by atoms with Crippen LogP contribution in [0.1, 0.15) is 53.1 Å². The Labute approximate surface area is 235 Å². The van der Waals surface area contributed by atoms with E-state index < -0.39 is 23.9 Å². The standard InChI is InChI=1S/C14H14N4.2C5H4N2O4.2H2O/c1-2-14(10-18-8-6-16-12-18)4-3-13(1)9-17-7-5-15-11-17;2*8-4(9)2-1-3(5(10)11)7-6-2;;/h1-8,11-12H,9-10H2;2*1H,(H,6,7)(H,8,9)(H,10,11);2*1H2. The molecule has 0 fully saturated rings. The zero-order valence-corrected chi connectivity index (χ0v) is 21.5. The maximum atomic E-state index is 10.1. The van der Waals surface area contributed by atoms with Gasteiger partial charge >= 0.3 is 11.9 Å². The van der Waals surface area contributed by atoms with Gasteiger partial charge in [-0.05, 0) is 23.3 Å². The first-order valence-corrected chi connectivity index (χ1v) is 11.2. The molecule has 5 rings (SSSR count). The van der Waals surface area contributed by atoms with Crippen LogP contribution >= 0.6 is 0 Å². The number of aromatic carboxylic acids is 4. The molecule has 0 aliphatic heterocycles. The molecule has 0 saturated carbocycles. The SMILES string of the molecule is O.O.O=C(O)c1cc(C(=O)[O-])[nH]n1.O=C(O)c1cc(C(=O)[O-])[nH]n1.c1c[n+](Cc2ccc(C[n+]3cc[nH]c3)cc2)c[nH]1. The Balaban J connectivity index is 0.000000324. The normalized spacial score (nSPS) is 9.52. The highest BCUT2D eigenvalue weighted by Gasteiger charge is 2.08. The fourth-order valence-corrected chi connectivity index (χ4v) is 3.08. The Morgan fingerprint density at radius 1 is 0.690 bits per heavy atom. The van der Waals surface area contributed by atoms with E-state index in [4.69, 9.17) is 10.2 Å². The van der Waals surface area contributed by atoms with E-state index in [-0.39, 0.29) is 33.7 Å². The lowest BCUT2D eigenvalue weighted by molar-refractivity contribution is -0.687. The molecule has 18 heteroatoms. The molecule has 0 unspecified atom stereocenters. The molecule has 42 heavy (non-hydrogen) atoms. The predicted octanol–water partition coefficient (Wildman–Crippen LogP) is -3.69. The van der Waals surface area contributed by atoms with Gasteiger partial charge in [0.25, 0.3) is 0 Å². The summed E-state index contributed by atoms with van der Waals surface area (Å²) in [6, 6.07) is 10.5. The Hall–Kier alpha value is -6.14. The number of carbonyl (C=O) groups is 4. The van der Waals surface area contributed by atoms with Crippen molar-refractivity contribution >= 4 is 23.9 Å². The molecule has 0 amide bonds. The van der Waals surface area contributed by atoms with Crippen LogP contribution in [0.5, 0.6) is 0 Å². The van der Waals surface area contributed by atoms with E-state index in [9.17, 15) is 29.4 Å². The summed E-state index contributed by atoms with van der Waals surface area (Å²) in [6.07, 6.45) is 11.8. The number of benzene rings is 1. The molecule has 10 N–H and O–H groups in total. The molecule has 0 spiro atoms. The third-order valence-electron chi connectivity index (χ3n) is 4.99. The van der Waals surface area contributed by atoms with E-state index >= 15 is 0 Å². The van der Waals surface area contributed by atoms with E-state index in [1.807, 2.05) is 47.6 Å². The quantitative estimate of drug-likeness (QED) is 0.0966. The molecule has 222 valence electrons. The van der Waals surface area contributed by atoms with Crippen LogP contribution in [0, 0.1) is 0 Å². The first-order chi connectivity index (χ1) is 19.1. The molecule has 4 heterocycles. The zero-order valence-electron chi connectivity index (χ0n) is 21.5. The summed E-state index contributed by atoms with van der Waals surface area (Å²) in [7, 11) is 0. The van der Waals surface area contributed by atoms with Crippen LogP contribution in [0.3, 0.4) is 0 Å². The van der Waals surface area contributed by atoms with Crippen LogP contribution in [-0.2, 0) is 13.1 Å². The molecule has 0 radical (unpaired) electrons. The molecule has 0 atom stereocenters. The molecule has 18 nitrogen and oxygen atoms in total. The van der Waals surface area contributed by atoms with Crippen LogP contribution in [0.15, 0.2) is 73.8 Å². The Bertz CT molecular complexity index is 1380. The minimum Gasteiger partial charge on any atom is -0.543 e. The van der Waals surface area contributed by atoms with Gasteiger partial charge < -0.3 is 41.0 Å². The number of carboxylic acid groups (broad SMARTS) is 4. The van der Waals surface area contributed by atoms with Gasteiger partial charge in [-0.25, -0.2) is 18.7 Å². The number of nitrogens with one attached hydrogen (secondary N) is 4. The number of carbonyl (C=O) groups excluding carboxylic acids is 2. The minimum absolute atomic E-state index is 0. The third-order valence-corrected chi connectivity index (χ3v) is 4.99. The van der Waals surface area contributed by atoms with Gasteiger partial charge in [0.15, 0.2) is 11.4 Å². The van der Waals surface area contributed by atoms with Crippen molar-refractivity contribution in [2.45, 2.75) is 13.1 Å². The number of nitrogens with zero attached hydrogens (tertiary/aromatic N) is 4. The number of imidazole rings is 2.